The topological polar surface area (TPSA) is 61.5 Å². The van der Waals surface area contributed by atoms with Gasteiger partial charge in [0.05, 0.1) is 24.0 Å². The summed E-state index contributed by atoms with van der Waals surface area (Å²) < 4.78 is 10.8. The molecule has 4 heteroatoms. The molecule has 0 aliphatic heterocycles. The van der Waals surface area contributed by atoms with Crippen LogP contribution in [0.3, 0.4) is 0 Å². The number of hydrogen-bond acceptors (Lipinski definition) is 4. The lowest BCUT2D eigenvalue weighted by atomic mass is 10.1. The van der Waals surface area contributed by atoms with Crippen LogP contribution in [0, 0.1) is 5.92 Å². The molecule has 0 bridgehead atoms. The van der Waals surface area contributed by atoms with Crippen LogP contribution in [0.25, 0.3) is 0 Å². The van der Waals surface area contributed by atoms with Crippen LogP contribution in [0.1, 0.15) is 44.5 Å². The minimum Gasteiger partial charge on any atom is -0.489 e. The van der Waals surface area contributed by atoms with E-state index in [1.165, 1.54) is 0 Å². The Hall–Kier alpha value is -1.71. The van der Waals surface area contributed by atoms with Crippen LogP contribution >= 0.6 is 0 Å². The van der Waals surface area contributed by atoms with Crippen molar-refractivity contribution in [2.45, 2.75) is 40.2 Å². The van der Waals surface area contributed by atoms with Crippen molar-refractivity contribution in [2.24, 2.45) is 5.92 Å². The molecular weight excluding hydrogens is 242 g/mol. The minimum absolute atomic E-state index is 0.0553. The van der Waals surface area contributed by atoms with E-state index in [9.17, 15) is 4.79 Å². The summed E-state index contributed by atoms with van der Waals surface area (Å²) in [6.07, 6.45) is 0.989. The monoisotopic (exact) mass is 265 g/mol. The number of nitrogens with two attached hydrogens (primary N) is 1. The molecule has 106 valence electrons. The zero-order valence-corrected chi connectivity index (χ0v) is 12.1. The number of para-hydroxylation sites is 1. The van der Waals surface area contributed by atoms with Crippen molar-refractivity contribution < 1.29 is 14.3 Å². The van der Waals surface area contributed by atoms with Crippen molar-refractivity contribution in [2.75, 3.05) is 12.3 Å². The summed E-state index contributed by atoms with van der Waals surface area (Å²) in [7, 11) is 0. The molecule has 0 aliphatic rings. The Morgan fingerprint density at radius 2 is 2.00 bits per heavy atom. The van der Waals surface area contributed by atoms with Gasteiger partial charge >= 0.3 is 5.97 Å². The van der Waals surface area contributed by atoms with Gasteiger partial charge < -0.3 is 15.2 Å². The summed E-state index contributed by atoms with van der Waals surface area (Å²) in [5.74, 6) is 0.671. The van der Waals surface area contributed by atoms with E-state index in [1.54, 1.807) is 25.1 Å². The summed E-state index contributed by atoms with van der Waals surface area (Å²) in [5, 5.41) is 0. The lowest BCUT2D eigenvalue weighted by molar-refractivity contribution is 0.0527. The number of anilines is 1. The van der Waals surface area contributed by atoms with E-state index >= 15 is 0 Å². The third kappa shape index (κ3) is 4.47. The molecule has 0 aromatic heterocycles. The van der Waals surface area contributed by atoms with Gasteiger partial charge in [-0.25, -0.2) is 4.79 Å². The smallest absolute Gasteiger partial charge is 0.340 e. The Balaban J connectivity index is 2.85. The standard InChI is InChI=1S/C15H23NO3/c1-5-18-15(17)12-7-6-8-13(14(12)16)19-11(4)9-10(2)3/h6-8,10-11H,5,9,16H2,1-4H3. The summed E-state index contributed by atoms with van der Waals surface area (Å²) in [6.45, 7) is 8.36. The first kappa shape index (κ1) is 15.3. The highest BCUT2D eigenvalue weighted by molar-refractivity contribution is 5.96. The lowest BCUT2D eigenvalue weighted by Crippen LogP contribution is -2.16. The molecular formula is C15H23NO3. The summed E-state index contributed by atoms with van der Waals surface area (Å²) >= 11 is 0. The first-order chi connectivity index (χ1) is 8.95. The fraction of sp³-hybridized carbons (Fsp3) is 0.533. The van der Waals surface area contributed by atoms with Gasteiger partial charge in [0.25, 0.3) is 0 Å². The first-order valence-electron chi connectivity index (χ1n) is 6.68. The maximum absolute atomic E-state index is 11.7. The van der Waals surface area contributed by atoms with E-state index in [0.29, 0.717) is 29.5 Å². The molecule has 1 atom stereocenters. The Labute approximate surface area is 114 Å². The van der Waals surface area contributed by atoms with E-state index in [4.69, 9.17) is 15.2 Å². The van der Waals surface area contributed by atoms with Crippen LogP contribution in [0.15, 0.2) is 18.2 Å². The van der Waals surface area contributed by atoms with E-state index in [0.717, 1.165) is 6.42 Å². The molecule has 1 aromatic rings. The Kier molecular flexibility index (Phi) is 5.67. The predicted octanol–water partition coefficient (Wildman–Crippen LogP) is 3.26. The molecule has 4 nitrogen and oxygen atoms in total. The average molecular weight is 265 g/mol. The number of nitrogen functional groups attached to an aromatic ring is 1. The van der Waals surface area contributed by atoms with Crippen molar-refractivity contribution in [3.63, 3.8) is 0 Å². The van der Waals surface area contributed by atoms with Crippen LogP contribution in [-0.2, 0) is 4.74 Å². The normalized spacial score (nSPS) is 12.3. The quantitative estimate of drug-likeness (QED) is 0.633. The molecule has 0 saturated carbocycles. The number of esters is 1. The third-order valence-electron chi connectivity index (χ3n) is 2.69. The van der Waals surface area contributed by atoms with Gasteiger partial charge in [0, 0.05) is 0 Å². The molecule has 0 fully saturated rings. The number of hydrogen-bond donors (Lipinski definition) is 1. The number of ether oxygens (including phenoxy) is 2. The molecule has 0 aliphatic carbocycles. The third-order valence-corrected chi connectivity index (χ3v) is 2.69. The fourth-order valence-corrected chi connectivity index (χ4v) is 1.96. The van der Waals surface area contributed by atoms with E-state index in [1.807, 2.05) is 6.92 Å². The van der Waals surface area contributed by atoms with Gasteiger partial charge in [0.1, 0.15) is 5.75 Å². The van der Waals surface area contributed by atoms with Crippen molar-refractivity contribution in [1.29, 1.82) is 0 Å². The molecule has 2 N–H and O–H groups in total. The van der Waals surface area contributed by atoms with Crippen molar-refractivity contribution in [3.05, 3.63) is 23.8 Å². The van der Waals surface area contributed by atoms with Gasteiger partial charge in [0.2, 0.25) is 0 Å². The Bertz CT molecular complexity index is 429. The lowest BCUT2D eigenvalue weighted by Gasteiger charge is -2.18. The number of carbonyl (C=O) groups excluding carboxylic acids is 1. The van der Waals surface area contributed by atoms with Gasteiger partial charge in [0.15, 0.2) is 0 Å². The second-order valence-electron chi connectivity index (χ2n) is 5.00. The second kappa shape index (κ2) is 7.02. The predicted molar refractivity (Wildman–Crippen MR) is 76.4 cm³/mol. The SMILES string of the molecule is CCOC(=O)c1cccc(OC(C)CC(C)C)c1N. The zero-order chi connectivity index (χ0) is 14.4. The summed E-state index contributed by atoms with van der Waals surface area (Å²) in [4.78, 5) is 11.7. The molecule has 0 radical (unpaired) electrons. The Morgan fingerprint density at radius 1 is 1.32 bits per heavy atom. The van der Waals surface area contributed by atoms with Crippen molar-refractivity contribution in [1.82, 2.24) is 0 Å². The summed E-state index contributed by atoms with van der Waals surface area (Å²) in [5.41, 5.74) is 6.67. The maximum Gasteiger partial charge on any atom is 0.340 e. The summed E-state index contributed by atoms with van der Waals surface area (Å²) in [6, 6.07) is 5.17. The van der Waals surface area contributed by atoms with Crippen LogP contribution in [0.5, 0.6) is 5.75 Å². The molecule has 0 heterocycles. The van der Waals surface area contributed by atoms with Gasteiger partial charge in [-0.3, -0.25) is 0 Å². The fourth-order valence-electron chi connectivity index (χ4n) is 1.96. The molecule has 0 spiro atoms. The molecule has 1 aromatic carbocycles. The van der Waals surface area contributed by atoms with Gasteiger partial charge in [-0.15, -0.1) is 0 Å². The van der Waals surface area contributed by atoms with E-state index in [-0.39, 0.29) is 6.10 Å². The van der Waals surface area contributed by atoms with Crippen LogP contribution in [0.4, 0.5) is 5.69 Å². The average Bonchev–Trinajstić information content (AvgIpc) is 2.31. The first-order valence-corrected chi connectivity index (χ1v) is 6.68. The highest BCUT2D eigenvalue weighted by atomic mass is 16.5. The van der Waals surface area contributed by atoms with Gasteiger partial charge in [-0.1, -0.05) is 19.9 Å². The minimum atomic E-state index is -0.415. The van der Waals surface area contributed by atoms with E-state index in [2.05, 4.69) is 13.8 Å². The largest absolute Gasteiger partial charge is 0.489 e. The van der Waals surface area contributed by atoms with Crippen molar-refractivity contribution in [3.8, 4) is 5.75 Å². The number of rotatable bonds is 6. The Morgan fingerprint density at radius 3 is 2.58 bits per heavy atom. The maximum atomic E-state index is 11.7. The molecule has 19 heavy (non-hydrogen) atoms. The molecule has 1 rings (SSSR count). The molecule has 1 unspecified atom stereocenters. The van der Waals surface area contributed by atoms with Gasteiger partial charge in [-0.2, -0.15) is 0 Å². The van der Waals surface area contributed by atoms with Crippen LogP contribution in [-0.4, -0.2) is 18.7 Å². The van der Waals surface area contributed by atoms with Crippen LogP contribution in [0.2, 0.25) is 0 Å². The second-order valence-corrected chi connectivity index (χ2v) is 5.00. The van der Waals surface area contributed by atoms with Crippen LogP contribution < -0.4 is 10.5 Å². The number of benzene rings is 1. The van der Waals surface area contributed by atoms with E-state index < -0.39 is 5.97 Å². The zero-order valence-electron chi connectivity index (χ0n) is 12.1. The van der Waals surface area contributed by atoms with Crippen molar-refractivity contribution >= 4 is 11.7 Å². The molecule has 0 amide bonds. The highest BCUT2D eigenvalue weighted by Gasteiger charge is 2.16. The number of carbonyl (C=O) groups is 1. The van der Waals surface area contributed by atoms with Gasteiger partial charge in [-0.05, 0) is 38.3 Å². The molecule has 0 saturated heterocycles. The highest BCUT2D eigenvalue weighted by Crippen LogP contribution is 2.27.